The Morgan fingerprint density at radius 3 is 2.97 bits per heavy atom. The summed E-state index contributed by atoms with van der Waals surface area (Å²) in [5, 5.41) is 12.9. The lowest BCUT2D eigenvalue weighted by Gasteiger charge is -2.37. The minimum absolute atomic E-state index is 0.165. The standard InChI is InChI=1S/C18H16ClF3N6O2/c19-9-3-11-12(7-25-14(11)23-5-9)15-26-8-13(20)16(27-15)24-6-10-4-18(21,22)1-2-28(10)17(29)30/h3,5,7-8,10H,1-2,4,6H2,(H,23,25)(H,29,30)(H,24,26,27). The molecule has 3 aromatic rings. The number of carboxylic acid groups (broad SMARTS) is 1. The number of carbonyl (C=O) groups is 1. The molecule has 0 saturated carbocycles. The Bertz CT molecular complexity index is 1110. The first-order chi connectivity index (χ1) is 14.2. The number of pyridine rings is 1. The van der Waals surface area contributed by atoms with Gasteiger partial charge in [0, 0.05) is 49.3 Å². The lowest BCUT2D eigenvalue weighted by atomic mass is 9.99. The number of hydrogen-bond acceptors (Lipinski definition) is 5. The smallest absolute Gasteiger partial charge is 0.407 e. The van der Waals surface area contributed by atoms with Gasteiger partial charge in [0.1, 0.15) is 5.65 Å². The van der Waals surface area contributed by atoms with Crippen LogP contribution in [0.25, 0.3) is 22.4 Å². The maximum absolute atomic E-state index is 14.2. The maximum atomic E-state index is 14.2. The Morgan fingerprint density at radius 2 is 2.20 bits per heavy atom. The van der Waals surface area contributed by atoms with Crippen molar-refractivity contribution in [2.45, 2.75) is 24.8 Å². The van der Waals surface area contributed by atoms with Gasteiger partial charge in [-0.2, -0.15) is 0 Å². The monoisotopic (exact) mass is 440 g/mol. The van der Waals surface area contributed by atoms with Crippen LogP contribution in [0.15, 0.2) is 24.7 Å². The molecule has 1 saturated heterocycles. The van der Waals surface area contributed by atoms with Crippen LogP contribution in [0.1, 0.15) is 12.8 Å². The molecule has 0 aromatic carbocycles. The highest BCUT2D eigenvalue weighted by Crippen LogP contribution is 2.32. The van der Waals surface area contributed by atoms with Gasteiger partial charge in [0.05, 0.1) is 17.3 Å². The third-order valence-electron chi connectivity index (χ3n) is 4.93. The minimum atomic E-state index is -2.98. The van der Waals surface area contributed by atoms with Crippen LogP contribution in [0.3, 0.4) is 0 Å². The fraction of sp³-hybridized carbons (Fsp3) is 0.333. The summed E-state index contributed by atoms with van der Waals surface area (Å²) in [4.78, 5) is 27.5. The van der Waals surface area contributed by atoms with E-state index < -0.39 is 36.7 Å². The van der Waals surface area contributed by atoms with Gasteiger partial charge >= 0.3 is 6.09 Å². The topological polar surface area (TPSA) is 107 Å². The first-order valence-corrected chi connectivity index (χ1v) is 9.38. The van der Waals surface area contributed by atoms with Gasteiger partial charge in [-0.15, -0.1) is 0 Å². The average molecular weight is 441 g/mol. The number of piperidine rings is 1. The van der Waals surface area contributed by atoms with Crippen LogP contribution < -0.4 is 5.32 Å². The molecule has 1 amide bonds. The quantitative estimate of drug-likeness (QED) is 0.566. The fourth-order valence-corrected chi connectivity index (χ4v) is 3.61. The molecule has 12 heteroatoms. The van der Waals surface area contributed by atoms with E-state index in [2.05, 4.69) is 25.3 Å². The number of fused-ring (bicyclic) bond motifs is 1. The molecule has 0 spiro atoms. The second-order valence-corrected chi connectivity index (χ2v) is 7.40. The Labute approximate surface area is 173 Å². The number of anilines is 1. The normalized spacial score (nSPS) is 18.5. The van der Waals surface area contributed by atoms with E-state index in [9.17, 15) is 23.1 Å². The summed E-state index contributed by atoms with van der Waals surface area (Å²) in [7, 11) is 0. The van der Waals surface area contributed by atoms with E-state index in [0.29, 0.717) is 21.6 Å². The van der Waals surface area contributed by atoms with Crippen molar-refractivity contribution in [2.24, 2.45) is 0 Å². The van der Waals surface area contributed by atoms with Crippen molar-refractivity contribution in [1.29, 1.82) is 0 Å². The molecule has 30 heavy (non-hydrogen) atoms. The predicted octanol–water partition coefficient (Wildman–Crippen LogP) is 4.00. The number of nitrogens with zero attached hydrogens (tertiary/aromatic N) is 4. The molecule has 3 N–H and O–H groups in total. The van der Waals surface area contributed by atoms with Crippen LogP contribution in [0.2, 0.25) is 5.02 Å². The first-order valence-electron chi connectivity index (χ1n) is 9.00. The SMILES string of the molecule is O=C(O)N1CCC(F)(F)CC1CNc1nc(-c2c[nH]c3ncc(Cl)cc23)ncc1F. The molecule has 4 heterocycles. The zero-order valence-electron chi connectivity index (χ0n) is 15.4. The summed E-state index contributed by atoms with van der Waals surface area (Å²) < 4.78 is 41.8. The van der Waals surface area contributed by atoms with Gasteiger partial charge in [-0.25, -0.2) is 32.9 Å². The second-order valence-electron chi connectivity index (χ2n) is 6.96. The molecule has 158 valence electrons. The molecule has 0 bridgehead atoms. The van der Waals surface area contributed by atoms with Gasteiger partial charge in [-0.05, 0) is 6.07 Å². The van der Waals surface area contributed by atoms with Crippen LogP contribution in [0, 0.1) is 5.82 Å². The van der Waals surface area contributed by atoms with E-state index in [1.54, 1.807) is 12.3 Å². The summed E-state index contributed by atoms with van der Waals surface area (Å²) in [6, 6.07) is 0.630. The highest BCUT2D eigenvalue weighted by Gasteiger charge is 2.42. The number of aromatic nitrogens is 4. The van der Waals surface area contributed by atoms with Crippen molar-refractivity contribution in [1.82, 2.24) is 24.8 Å². The number of aromatic amines is 1. The number of amides is 1. The zero-order chi connectivity index (χ0) is 21.5. The molecule has 1 atom stereocenters. The minimum Gasteiger partial charge on any atom is -0.465 e. The van der Waals surface area contributed by atoms with E-state index in [1.807, 2.05) is 0 Å². The van der Waals surface area contributed by atoms with Crippen molar-refractivity contribution in [3.63, 3.8) is 0 Å². The Hall–Kier alpha value is -3.08. The molecule has 1 fully saturated rings. The number of likely N-dealkylation sites (tertiary alicyclic amines) is 1. The molecule has 0 radical (unpaired) electrons. The highest BCUT2D eigenvalue weighted by molar-refractivity contribution is 6.31. The van der Waals surface area contributed by atoms with Gasteiger partial charge < -0.3 is 20.3 Å². The van der Waals surface area contributed by atoms with Crippen molar-refractivity contribution >= 4 is 34.5 Å². The van der Waals surface area contributed by atoms with E-state index in [4.69, 9.17) is 11.6 Å². The van der Waals surface area contributed by atoms with Crippen LogP contribution >= 0.6 is 11.6 Å². The van der Waals surface area contributed by atoms with Crippen molar-refractivity contribution < 1.29 is 23.1 Å². The molecule has 8 nitrogen and oxygen atoms in total. The van der Waals surface area contributed by atoms with Crippen molar-refractivity contribution in [3.05, 3.63) is 35.5 Å². The Morgan fingerprint density at radius 1 is 1.40 bits per heavy atom. The molecule has 3 aromatic heterocycles. The molecule has 0 aliphatic carbocycles. The first kappa shape index (κ1) is 20.2. The van der Waals surface area contributed by atoms with Crippen LogP contribution in [0.4, 0.5) is 23.8 Å². The number of nitrogens with one attached hydrogen (secondary N) is 2. The van der Waals surface area contributed by atoms with Crippen LogP contribution in [-0.2, 0) is 0 Å². The number of rotatable bonds is 4. The summed E-state index contributed by atoms with van der Waals surface area (Å²) in [6.45, 7) is -0.522. The number of halogens is 4. The van der Waals surface area contributed by atoms with E-state index in [-0.39, 0.29) is 24.7 Å². The number of hydrogen-bond donors (Lipinski definition) is 3. The average Bonchev–Trinajstić information content (AvgIpc) is 3.09. The molecule has 4 rings (SSSR count). The van der Waals surface area contributed by atoms with Gasteiger partial charge in [0.15, 0.2) is 17.5 Å². The highest BCUT2D eigenvalue weighted by atomic mass is 35.5. The third kappa shape index (κ3) is 3.97. The zero-order valence-corrected chi connectivity index (χ0v) is 16.1. The van der Waals surface area contributed by atoms with E-state index in [0.717, 1.165) is 11.1 Å². The summed E-state index contributed by atoms with van der Waals surface area (Å²) in [5.74, 6) is -3.83. The Kier molecular flexibility index (Phi) is 5.14. The van der Waals surface area contributed by atoms with Crippen LogP contribution in [-0.4, -0.2) is 61.1 Å². The lowest BCUT2D eigenvalue weighted by Crippen LogP contribution is -2.52. The lowest BCUT2D eigenvalue weighted by molar-refractivity contribution is -0.0688. The fourth-order valence-electron chi connectivity index (χ4n) is 3.46. The Balaban J connectivity index is 1.59. The van der Waals surface area contributed by atoms with Crippen LogP contribution in [0.5, 0.6) is 0 Å². The van der Waals surface area contributed by atoms with E-state index in [1.165, 1.54) is 6.20 Å². The molecular formula is C18H16ClF3N6O2. The maximum Gasteiger partial charge on any atom is 0.407 e. The van der Waals surface area contributed by atoms with Crippen molar-refractivity contribution in [3.8, 4) is 11.4 Å². The summed E-state index contributed by atoms with van der Waals surface area (Å²) in [6.07, 6.45) is 1.52. The summed E-state index contributed by atoms with van der Waals surface area (Å²) >= 11 is 5.99. The largest absolute Gasteiger partial charge is 0.465 e. The molecule has 1 aliphatic rings. The molecular weight excluding hydrogens is 425 g/mol. The summed E-state index contributed by atoms with van der Waals surface area (Å²) in [5.41, 5.74) is 1.07. The molecule has 1 aliphatic heterocycles. The van der Waals surface area contributed by atoms with Gasteiger partial charge in [-0.1, -0.05) is 11.6 Å². The number of alkyl halides is 2. The van der Waals surface area contributed by atoms with Gasteiger partial charge in [0.25, 0.3) is 5.92 Å². The third-order valence-corrected chi connectivity index (χ3v) is 5.13. The van der Waals surface area contributed by atoms with Crippen molar-refractivity contribution in [2.75, 3.05) is 18.4 Å². The van der Waals surface area contributed by atoms with Gasteiger partial charge in [0.2, 0.25) is 0 Å². The number of H-pyrrole nitrogens is 1. The van der Waals surface area contributed by atoms with Gasteiger partial charge in [-0.3, -0.25) is 0 Å². The predicted molar refractivity (Wildman–Crippen MR) is 103 cm³/mol. The second kappa shape index (κ2) is 7.63. The molecule has 1 unspecified atom stereocenters. The van der Waals surface area contributed by atoms with E-state index >= 15 is 0 Å².